The minimum absolute atomic E-state index is 0.760. The van der Waals surface area contributed by atoms with E-state index in [9.17, 15) is 0 Å². The Hall–Kier alpha value is -0.0800. The first-order valence-corrected chi connectivity index (χ1v) is 6.57. The summed E-state index contributed by atoms with van der Waals surface area (Å²) in [4.78, 5) is 2.62. The summed E-state index contributed by atoms with van der Waals surface area (Å²) >= 11 is 0. The van der Waals surface area contributed by atoms with Crippen molar-refractivity contribution in [2.45, 2.75) is 52.5 Å². The second-order valence-electron chi connectivity index (χ2n) is 5.59. The topological polar surface area (TPSA) is 29.3 Å². The van der Waals surface area contributed by atoms with Gasteiger partial charge in [0, 0.05) is 25.7 Å². The van der Waals surface area contributed by atoms with Crippen molar-refractivity contribution in [2.24, 2.45) is 17.6 Å². The Bertz CT molecular complexity index is 160. The molecular weight excluding hydrogens is 184 g/mol. The lowest BCUT2D eigenvalue weighted by Gasteiger charge is -2.37. The van der Waals surface area contributed by atoms with Crippen molar-refractivity contribution in [2.75, 3.05) is 19.6 Å². The Morgan fingerprint density at radius 1 is 1.20 bits per heavy atom. The average Bonchev–Trinajstić information content (AvgIpc) is 2.17. The summed E-state index contributed by atoms with van der Waals surface area (Å²) < 4.78 is 0. The van der Waals surface area contributed by atoms with E-state index in [2.05, 4.69) is 25.7 Å². The van der Waals surface area contributed by atoms with Crippen LogP contribution in [-0.4, -0.2) is 30.6 Å². The maximum Gasteiger partial charge on any atom is 0.0108 e. The van der Waals surface area contributed by atoms with E-state index < -0.39 is 0 Å². The smallest absolute Gasteiger partial charge is 0.0108 e. The van der Waals surface area contributed by atoms with Crippen LogP contribution in [0.15, 0.2) is 0 Å². The lowest BCUT2D eigenvalue weighted by molar-refractivity contribution is 0.129. The Morgan fingerprint density at radius 2 is 1.80 bits per heavy atom. The highest BCUT2D eigenvalue weighted by Crippen LogP contribution is 2.27. The van der Waals surface area contributed by atoms with E-state index in [-0.39, 0.29) is 0 Å². The Kier molecular flexibility index (Phi) is 5.62. The first kappa shape index (κ1) is 13.0. The monoisotopic (exact) mass is 212 g/mol. The first-order chi connectivity index (χ1) is 7.13. The SMILES string of the molecule is CC(C)CN(CCN)C1CCC(C)CC1. The Labute approximate surface area is 95.2 Å². The number of hydrogen-bond donors (Lipinski definition) is 1. The third kappa shape index (κ3) is 4.52. The van der Waals surface area contributed by atoms with Gasteiger partial charge in [-0.25, -0.2) is 0 Å². The molecule has 0 aliphatic heterocycles. The zero-order valence-electron chi connectivity index (χ0n) is 10.7. The molecule has 0 saturated heterocycles. The van der Waals surface area contributed by atoms with Crippen LogP contribution in [0.3, 0.4) is 0 Å². The molecule has 1 aliphatic carbocycles. The predicted molar refractivity (Wildman–Crippen MR) is 66.9 cm³/mol. The zero-order valence-corrected chi connectivity index (χ0v) is 10.7. The normalized spacial score (nSPS) is 27.6. The third-order valence-corrected chi connectivity index (χ3v) is 3.52. The van der Waals surface area contributed by atoms with Gasteiger partial charge >= 0.3 is 0 Å². The minimum Gasteiger partial charge on any atom is -0.329 e. The van der Waals surface area contributed by atoms with E-state index in [0.717, 1.165) is 31.0 Å². The fourth-order valence-corrected chi connectivity index (χ4v) is 2.67. The van der Waals surface area contributed by atoms with Gasteiger partial charge < -0.3 is 5.73 Å². The quantitative estimate of drug-likeness (QED) is 0.758. The molecule has 0 bridgehead atoms. The summed E-state index contributed by atoms with van der Waals surface area (Å²) in [5.41, 5.74) is 5.70. The van der Waals surface area contributed by atoms with Crippen LogP contribution in [0.5, 0.6) is 0 Å². The van der Waals surface area contributed by atoms with Gasteiger partial charge in [-0.2, -0.15) is 0 Å². The summed E-state index contributed by atoms with van der Waals surface area (Å²) in [5, 5.41) is 0. The molecule has 0 unspecified atom stereocenters. The molecule has 0 heterocycles. The van der Waals surface area contributed by atoms with Crippen LogP contribution >= 0.6 is 0 Å². The molecule has 15 heavy (non-hydrogen) atoms. The van der Waals surface area contributed by atoms with Crippen molar-refractivity contribution in [3.8, 4) is 0 Å². The van der Waals surface area contributed by atoms with Crippen LogP contribution in [0, 0.1) is 11.8 Å². The van der Waals surface area contributed by atoms with Gasteiger partial charge in [0.1, 0.15) is 0 Å². The van der Waals surface area contributed by atoms with Crippen LogP contribution in [0.1, 0.15) is 46.5 Å². The van der Waals surface area contributed by atoms with E-state index in [1.807, 2.05) is 0 Å². The highest BCUT2D eigenvalue weighted by atomic mass is 15.2. The van der Waals surface area contributed by atoms with E-state index in [4.69, 9.17) is 5.73 Å². The second kappa shape index (κ2) is 6.49. The molecule has 1 saturated carbocycles. The molecule has 1 aliphatic rings. The summed E-state index contributed by atoms with van der Waals surface area (Å²) in [7, 11) is 0. The average molecular weight is 212 g/mol. The van der Waals surface area contributed by atoms with E-state index >= 15 is 0 Å². The van der Waals surface area contributed by atoms with Crippen LogP contribution in [0.4, 0.5) is 0 Å². The first-order valence-electron chi connectivity index (χ1n) is 6.57. The molecule has 0 aromatic carbocycles. The maximum absolute atomic E-state index is 5.70. The molecule has 90 valence electrons. The van der Waals surface area contributed by atoms with Crippen LogP contribution in [0.25, 0.3) is 0 Å². The lowest BCUT2D eigenvalue weighted by Crippen LogP contribution is -2.42. The number of rotatable bonds is 5. The summed E-state index contributed by atoms with van der Waals surface area (Å²) in [5.74, 6) is 1.70. The van der Waals surface area contributed by atoms with Crippen LogP contribution in [0.2, 0.25) is 0 Å². The van der Waals surface area contributed by atoms with Crippen molar-refractivity contribution in [1.82, 2.24) is 4.90 Å². The fourth-order valence-electron chi connectivity index (χ4n) is 2.67. The highest BCUT2D eigenvalue weighted by molar-refractivity contribution is 4.79. The summed E-state index contributed by atoms with van der Waals surface area (Å²) in [6.07, 6.45) is 5.58. The number of nitrogens with two attached hydrogens (primary N) is 1. The predicted octanol–water partition coefficient (Wildman–Crippen LogP) is 2.48. The van der Waals surface area contributed by atoms with Crippen LogP contribution in [-0.2, 0) is 0 Å². The van der Waals surface area contributed by atoms with Gasteiger partial charge in [-0.1, -0.05) is 20.8 Å². The summed E-state index contributed by atoms with van der Waals surface area (Å²) in [6.45, 7) is 10.1. The molecule has 2 heteroatoms. The van der Waals surface area contributed by atoms with Crippen molar-refractivity contribution >= 4 is 0 Å². The molecule has 0 amide bonds. The van der Waals surface area contributed by atoms with Crippen molar-refractivity contribution < 1.29 is 0 Å². The molecule has 0 aromatic rings. The largest absolute Gasteiger partial charge is 0.329 e. The van der Waals surface area contributed by atoms with E-state index in [0.29, 0.717) is 0 Å². The van der Waals surface area contributed by atoms with Gasteiger partial charge in [-0.3, -0.25) is 4.90 Å². The van der Waals surface area contributed by atoms with E-state index in [1.165, 1.54) is 32.2 Å². The molecule has 0 radical (unpaired) electrons. The molecule has 2 nitrogen and oxygen atoms in total. The standard InChI is InChI=1S/C13H28N2/c1-11(2)10-15(9-8-14)13-6-4-12(3)5-7-13/h11-13H,4-10,14H2,1-3H3. The molecule has 2 N–H and O–H groups in total. The molecule has 1 rings (SSSR count). The van der Waals surface area contributed by atoms with Gasteiger partial charge in [0.15, 0.2) is 0 Å². The number of hydrogen-bond acceptors (Lipinski definition) is 2. The molecule has 0 spiro atoms. The van der Waals surface area contributed by atoms with Crippen molar-refractivity contribution in [3.05, 3.63) is 0 Å². The molecule has 1 fully saturated rings. The van der Waals surface area contributed by atoms with Gasteiger partial charge in [0.25, 0.3) is 0 Å². The third-order valence-electron chi connectivity index (χ3n) is 3.52. The van der Waals surface area contributed by atoms with Crippen molar-refractivity contribution in [3.63, 3.8) is 0 Å². The zero-order chi connectivity index (χ0) is 11.3. The number of nitrogens with zero attached hydrogens (tertiary/aromatic N) is 1. The van der Waals surface area contributed by atoms with E-state index in [1.54, 1.807) is 0 Å². The minimum atomic E-state index is 0.760. The lowest BCUT2D eigenvalue weighted by atomic mass is 9.86. The molecule has 0 aromatic heterocycles. The Morgan fingerprint density at radius 3 is 2.27 bits per heavy atom. The highest BCUT2D eigenvalue weighted by Gasteiger charge is 2.23. The van der Waals surface area contributed by atoms with Gasteiger partial charge in [-0.05, 0) is 37.5 Å². The van der Waals surface area contributed by atoms with Crippen molar-refractivity contribution in [1.29, 1.82) is 0 Å². The maximum atomic E-state index is 5.70. The van der Waals surface area contributed by atoms with Gasteiger partial charge in [0.05, 0.1) is 0 Å². The second-order valence-corrected chi connectivity index (χ2v) is 5.59. The van der Waals surface area contributed by atoms with Gasteiger partial charge in [-0.15, -0.1) is 0 Å². The Balaban J connectivity index is 2.40. The summed E-state index contributed by atoms with van der Waals surface area (Å²) in [6, 6.07) is 0.812. The molecule has 0 atom stereocenters. The molecular formula is C13H28N2. The fraction of sp³-hybridized carbons (Fsp3) is 1.00. The van der Waals surface area contributed by atoms with Crippen LogP contribution < -0.4 is 5.73 Å². The van der Waals surface area contributed by atoms with Gasteiger partial charge in [0.2, 0.25) is 0 Å².